The van der Waals surface area contributed by atoms with Gasteiger partial charge in [0.05, 0.1) is 14.2 Å². The summed E-state index contributed by atoms with van der Waals surface area (Å²) in [5, 5.41) is 0.955. The summed E-state index contributed by atoms with van der Waals surface area (Å²) >= 11 is 5.92. The van der Waals surface area contributed by atoms with Crippen LogP contribution in [0.4, 0.5) is 16.2 Å². The number of nitrogens with zero attached hydrogens (tertiary/aromatic N) is 4. The second kappa shape index (κ2) is 11.1. The zero-order chi connectivity index (χ0) is 24.4. The van der Waals surface area contributed by atoms with Crippen LogP contribution in [0.5, 0.6) is 11.5 Å². The van der Waals surface area contributed by atoms with E-state index in [4.69, 9.17) is 32.5 Å². The van der Waals surface area contributed by atoms with Crippen molar-refractivity contribution >= 4 is 52.6 Å². The zero-order valence-corrected chi connectivity index (χ0v) is 20.9. The van der Waals surface area contributed by atoms with E-state index in [2.05, 4.69) is 9.97 Å². The first kappa shape index (κ1) is 26.5. The number of carbonyl (C=O) groups is 1. The quantitative estimate of drug-likeness (QED) is 0.504. The SMILES string of the molecule is COc1cc2c(N)nc(N3CCN(C(=O)CC(N)c4ccc(Cl)cc4)CC3)nc2c(F)c1OC.Cl. The minimum absolute atomic E-state index is 0. The third kappa shape index (κ3) is 5.44. The summed E-state index contributed by atoms with van der Waals surface area (Å²) in [6.45, 7) is 1.87. The highest BCUT2D eigenvalue weighted by molar-refractivity contribution is 6.30. The number of ether oxygens (including phenoxy) is 2. The Balaban J connectivity index is 0.00000342. The van der Waals surface area contributed by atoms with E-state index in [0.717, 1.165) is 5.56 Å². The topological polar surface area (TPSA) is 120 Å². The molecule has 9 nitrogen and oxygen atoms in total. The van der Waals surface area contributed by atoms with Crippen LogP contribution in [0.3, 0.4) is 0 Å². The lowest BCUT2D eigenvalue weighted by Crippen LogP contribution is -2.49. The number of hydrogen-bond donors (Lipinski definition) is 2. The summed E-state index contributed by atoms with van der Waals surface area (Å²) in [6.07, 6.45) is 0.188. The number of piperazine rings is 1. The molecule has 1 amide bonds. The lowest BCUT2D eigenvalue weighted by atomic mass is 10.0. The maximum absolute atomic E-state index is 15.1. The molecule has 35 heavy (non-hydrogen) atoms. The normalized spacial score (nSPS) is 14.4. The number of carbonyl (C=O) groups excluding carboxylic acids is 1. The molecule has 0 aliphatic carbocycles. The third-order valence-electron chi connectivity index (χ3n) is 5.90. The molecule has 1 atom stereocenters. The summed E-state index contributed by atoms with van der Waals surface area (Å²) in [7, 11) is 2.77. The van der Waals surface area contributed by atoms with E-state index in [1.54, 1.807) is 23.1 Å². The van der Waals surface area contributed by atoms with Crippen molar-refractivity contribution < 1.29 is 18.7 Å². The molecular weight excluding hydrogens is 498 g/mol. The number of nitrogen functional groups attached to an aromatic ring is 1. The molecule has 3 aromatic rings. The maximum atomic E-state index is 15.1. The van der Waals surface area contributed by atoms with Crippen LogP contribution in [-0.2, 0) is 4.79 Å². The van der Waals surface area contributed by atoms with Gasteiger partial charge in [0.2, 0.25) is 11.9 Å². The van der Waals surface area contributed by atoms with E-state index in [1.807, 2.05) is 17.0 Å². The molecule has 1 fully saturated rings. The number of benzene rings is 2. The van der Waals surface area contributed by atoms with Gasteiger partial charge in [0.15, 0.2) is 17.3 Å². The van der Waals surface area contributed by atoms with Crippen molar-refractivity contribution in [3.05, 3.63) is 46.7 Å². The molecule has 0 radical (unpaired) electrons. The van der Waals surface area contributed by atoms with Gasteiger partial charge in [-0.05, 0) is 23.8 Å². The van der Waals surface area contributed by atoms with Gasteiger partial charge in [0.1, 0.15) is 11.3 Å². The van der Waals surface area contributed by atoms with Crippen LogP contribution >= 0.6 is 24.0 Å². The summed E-state index contributed by atoms with van der Waals surface area (Å²) in [6, 6.07) is 8.29. The minimum Gasteiger partial charge on any atom is -0.493 e. The summed E-state index contributed by atoms with van der Waals surface area (Å²) in [5.74, 6) is -0.125. The molecule has 0 spiro atoms. The number of aromatic nitrogens is 2. The van der Waals surface area contributed by atoms with Gasteiger partial charge in [-0.25, -0.2) is 9.37 Å². The standard InChI is InChI=1S/C23H26ClFN6O3.ClH/c1-33-17-11-15-20(19(25)21(17)34-2)28-23(29-22(15)27)31-9-7-30(8-10-31)18(32)12-16(26)13-3-5-14(24)6-4-13;/h3-6,11,16H,7-10,12,26H2,1-2H3,(H2,27,28,29);1H. The molecule has 1 saturated heterocycles. The average Bonchev–Trinajstić information content (AvgIpc) is 2.84. The van der Waals surface area contributed by atoms with E-state index < -0.39 is 11.9 Å². The lowest BCUT2D eigenvalue weighted by Gasteiger charge is -2.35. The van der Waals surface area contributed by atoms with Crippen molar-refractivity contribution in [2.75, 3.05) is 51.0 Å². The van der Waals surface area contributed by atoms with Gasteiger partial charge in [0.25, 0.3) is 0 Å². The van der Waals surface area contributed by atoms with Crippen LogP contribution in [-0.4, -0.2) is 61.2 Å². The summed E-state index contributed by atoms with van der Waals surface area (Å²) in [4.78, 5) is 25.2. The molecule has 4 rings (SSSR count). The summed E-state index contributed by atoms with van der Waals surface area (Å²) in [5.41, 5.74) is 13.2. The van der Waals surface area contributed by atoms with E-state index in [1.165, 1.54) is 14.2 Å². The van der Waals surface area contributed by atoms with E-state index in [0.29, 0.717) is 42.5 Å². The Morgan fingerprint density at radius 1 is 1.14 bits per heavy atom. The van der Waals surface area contributed by atoms with Gasteiger partial charge >= 0.3 is 0 Å². The molecule has 1 unspecified atom stereocenters. The van der Waals surface area contributed by atoms with Crippen molar-refractivity contribution in [3.63, 3.8) is 0 Å². The highest BCUT2D eigenvalue weighted by atomic mass is 35.5. The Morgan fingerprint density at radius 2 is 1.80 bits per heavy atom. The molecule has 12 heteroatoms. The summed E-state index contributed by atoms with van der Waals surface area (Å²) < 4.78 is 25.4. The van der Waals surface area contributed by atoms with Crippen molar-refractivity contribution in [1.29, 1.82) is 0 Å². The number of fused-ring (bicyclic) bond motifs is 1. The fourth-order valence-electron chi connectivity index (χ4n) is 3.98. The highest BCUT2D eigenvalue weighted by Crippen LogP contribution is 2.37. The first-order valence-electron chi connectivity index (χ1n) is 10.7. The largest absolute Gasteiger partial charge is 0.493 e. The molecule has 1 aliphatic rings. The Morgan fingerprint density at radius 3 is 2.40 bits per heavy atom. The van der Waals surface area contributed by atoms with Crippen LogP contribution in [0.1, 0.15) is 18.0 Å². The van der Waals surface area contributed by atoms with Crippen LogP contribution in [0.25, 0.3) is 10.9 Å². The van der Waals surface area contributed by atoms with E-state index in [9.17, 15) is 4.79 Å². The van der Waals surface area contributed by atoms with Crippen LogP contribution in [0.2, 0.25) is 5.02 Å². The van der Waals surface area contributed by atoms with Gasteiger partial charge in [-0.3, -0.25) is 4.79 Å². The Bertz CT molecular complexity index is 1210. The second-order valence-corrected chi connectivity index (χ2v) is 8.40. The van der Waals surface area contributed by atoms with Crippen molar-refractivity contribution in [3.8, 4) is 11.5 Å². The van der Waals surface area contributed by atoms with Crippen molar-refractivity contribution in [1.82, 2.24) is 14.9 Å². The fourth-order valence-corrected chi connectivity index (χ4v) is 4.11. The molecule has 1 aromatic heterocycles. The third-order valence-corrected chi connectivity index (χ3v) is 6.15. The number of nitrogens with two attached hydrogens (primary N) is 2. The maximum Gasteiger partial charge on any atom is 0.228 e. The highest BCUT2D eigenvalue weighted by Gasteiger charge is 2.26. The Labute approximate surface area is 213 Å². The van der Waals surface area contributed by atoms with Crippen molar-refractivity contribution in [2.45, 2.75) is 12.5 Å². The van der Waals surface area contributed by atoms with E-state index >= 15 is 4.39 Å². The van der Waals surface area contributed by atoms with Gasteiger partial charge in [0, 0.05) is 49.1 Å². The second-order valence-electron chi connectivity index (χ2n) is 7.96. The molecule has 2 heterocycles. The lowest BCUT2D eigenvalue weighted by molar-refractivity contribution is -0.131. The molecule has 188 valence electrons. The predicted octanol–water partition coefficient (Wildman–Crippen LogP) is 3.18. The number of hydrogen-bond acceptors (Lipinski definition) is 8. The van der Waals surface area contributed by atoms with Crippen molar-refractivity contribution in [2.24, 2.45) is 5.73 Å². The molecule has 4 N–H and O–H groups in total. The number of halogens is 3. The zero-order valence-electron chi connectivity index (χ0n) is 19.3. The number of methoxy groups -OCH3 is 2. The minimum atomic E-state index is -0.669. The van der Waals surface area contributed by atoms with Gasteiger partial charge in [-0.1, -0.05) is 23.7 Å². The van der Waals surface area contributed by atoms with Crippen LogP contribution in [0.15, 0.2) is 30.3 Å². The first-order valence-corrected chi connectivity index (χ1v) is 11.1. The van der Waals surface area contributed by atoms with E-state index in [-0.39, 0.29) is 47.6 Å². The van der Waals surface area contributed by atoms with Gasteiger partial charge in [-0.2, -0.15) is 4.98 Å². The molecule has 2 aromatic carbocycles. The predicted molar refractivity (Wildman–Crippen MR) is 136 cm³/mol. The first-order chi connectivity index (χ1) is 16.3. The van der Waals surface area contributed by atoms with Gasteiger partial charge < -0.3 is 30.7 Å². The molecular formula is C23H27Cl2FN6O3. The molecule has 1 aliphatic heterocycles. The van der Waals surface area contributed by atoms with Gasteiger partial charge in [-0.15, -0.1) is 12.4 Å². The fraction of sp³-hybridized carbons (Fsp3) is 0.348. The monoisotopic (exact) mass is 524 g/mol. The molecule has 0 bridgehead atoms. The average molecular weight is 525 g/mol. The van der Waals surface area contributed by atoms with Crippen LogP contribution in [0, 0.1) is 5.82 Å². The number of rotatable bonds is 6. The number of amides is 1. The van der Waals surface area contributed by atoms with Crippen LogP contribution < -0.4 is 25.8 Å². The Hall–Kier alpha value is -3.08. The smallest absolute Gasteiger partial charge is 0.228 e. The Kier molecular flexibility index (Phi) is 8.42. The molecule has 0 saturated carbocycles. The number of anilines is 2.